The van der Waals surface area contributed by atoms with Gasteiger partial charge < -0.3 is 19.7 Å². The minimum absolute atomic E-state index is 0.232. The first-order valence-corrected chi connectivity index (χ1v) is 6.76. The zero-order valence-corrected chi connectivity index (χ0v) is 12.7. The highest BCUT2D eigenvalue weighted by molar-refractivity contribution is 5.42. The molecule has 1 N–H and O–H groups in total. The van der Waals surface area contributed by atoms with E-state index in [1.165, 1.54) is 0 Å². The van der Waals surface area contributed by atoms with E-state index in [0.29, 0.717) is 0 Å². The van der Waals surface area contributed by atoms with E-state index < -0.39 is 0 Å². The second kappa shape index (κ2) is 8.02. The van der Waals surface area contributed by atoms with E-state index in [1.54, 1.807) is 14.2 Å². The Morgan fingerprint density at radius 1 is 1.26 bits per heavy atom. The number of ether oxygens (including phenoxy) is 2. The van der Waals surface area contributed by atoms with Crippen molar-refractivity contribution >= 4 is 0 Å². The lowest BCUT2D eigenvalue weighted by atomic mass is 10.1. The molecular formula is C15H26N2O2. The minimum atomic E-state index is 0.232. The van der Waals surface area contributed by atoms with Crippen LogP contribution < -0.4 is 14.8 Å². The highest BCUT2D eigenvalue weighted by atomic mass is 16.5. The second-order valence-electron chi connectivity index (χ2n) is 4.68. The average Bonchev–Trinajstić information content (AvgIpc) is 2.45. The summed E-state index contributed by atoms with van der Waals surface area (Å²) in [6, 6.07) is 6.13. The first-order chi connectivity index (χ1) is 9.12. The van der Waals surface area contributed by atoms with Gasteiger partial charge in [0, 0.05) is 24.7 Å². The molecule has 0 radical (unpaired) electrons. The van der Waals surface area contributed by atoms with Crippen LogP contribution >= 0.6 is 0 Å². The van der Waals surface area contributed by atoms with Crippen molar-refractivity contribution in [3.8, 4) is 11.5 Å². The molecule has 1 aromatic carbocycles. The van der Waals surface area contributed by atoms with Gasteiger partial charge in [-0.2, -0.15) is 0 Å². The van der Waals surface area contributed by atoms with Crippen LogP contribution in [-0.4, -0.2) is 45.8 Å². The number of rotatable bonds is 8. The van der Waals surface area contributed by atoms with E-state index in [-0.39, 0.29) is 6.04 Å². The van der Waals surface area contributed by atoms with Crippen LogP contribution in [0, 0.1) is 0 Å². The first kappa shape index (κ1) is 15.8. The second-order valence-corrected chi connectivity index (χ2v) is 4.68. The SMILES string of the molecule is CCN(C)CCNC(C)c1cc(OC)ccc1OC. The van der Waals surface area contributed by atoms with Gasteiger partial charge in [-0.15, -0.1) is 0 Å². The molecule has 0 bridgehead atoms. The van der Waals surface area contributed by atoms with Crippen molar-refractivity contribution < 1.29 is 9.47 Å². The van der Waals surface area contributed by atoms with Crippen molar-refractivity contribution in [2.75, 3.05) is 40.9 Å². The fourth-order valence-corrected chi connectivity index (χ4v) is 1.92. The molecule has 4 nitrogen and oxygen atoms in total. The molecular weight excluding hydrogens is 240 g/mol. The molecule has 1 aromatic rings. The summed E-state index contributed by atoms with van der Waals surface area (Å²) in [6.45, 7) is 7.36. The molecule has 0 saturated heterocycles. The van der Waals surface area contributed by atoms with Gasteiger partial charge in [-0.3, -0.25) is 0 Å². The predicted octanol–water partition coefficient (Wildman–Crippen LogP) is 2.31. The Labute approximate surface area is 116 Å². The van der Waals surface area contributed by atoms with Gasteiger partial charge >= 0.3 is 0 Å². The third kappa shape index (κ3) is 4.73. The number of hydrogen-bond acceptors (Lipinski definition) is 4. The Bertz CT molecular complexity index is 382. The molecule has 0 fully saturated rings. The van der Waals surface area contributed by atoms with Crippen LogP contribution in [-0.2, 0) is 0 Å². The first-order valence-electron chi connectivity index (χ1n) is 6.76. The number of hydrogen-bond donors (Lipinski definition) is 1. The van der Waals surface area contributed by atoms with Crippen LogP contribution in [0.4, 0.5) is 0 Å². The van der Waals surface area contributed by atoms with Crippen molar-refractivity contribution in [2.45, 2.75) is 19.9 Å². The molecule has 0 amide bonds. The molecule has 1 unspecified atom stereocenters. The van der Waals surface area contributed by atoms with E-state index in [4.69, 9.17) is 9.47 Å². The third-order valence-electron chi connectivity index (χ3n) is 3.39. The van der Waals surface area contributed by atoms with Gasteiger partial charge in [0.2, 0.25) is 0 Å². The van der Waals surface area contributed by atoms with E-state index in [9.17, 15) is 0 Å². The summed E-state index contributed by atoms with van der Waals surface area (Å²) in [5, 5.41) is 3.51. The summed E-state index contributed by atoms with van der Waals surface area (Å²) in [4.78, 5) is 2.28. The van der Waals surface area contributed by atoms with E-state index in [1.807, 2.05) is 18.2 Å². The van der Waals surface area contributed by atoms with Crippen LogP contribution in [0.15, 0.2) is 18.2 Å². The van der Waals surface area contributed by atoms with Crippen LogP contribution in [0.25, 0.3) is 0 Å². The molecule has 4 heteroatoms. The molecule has 0 aromatic heterocycles. The topological polar surface area (TPSA) is 33.7 Å². The monoisotopic (exact) mass is 266 g/mol. The summed E-state index contributed by atoms with van der Waals surface area (Å²) in [5.41, 5.74) is 1.13. The molecule has 1 atom stereocenters. The number of methoxy groups -OCH3 is 2. The lowest BCUT2D eigenvalue weighted by Gasteiger charge is -2.20. The van der Waals surface area contributed by atoms with Crippen molar-refractivity contribution in [1.29, 1.82) is 0 Å². The summed E-state index contributed by atoms with van der Waals surface area (Å²) in [6.07, 6.45) is 0. The maximum absolute atomic E-state index is 5.41. The number of nitrogens with zero attached hydrogens (tertiary/aromatic N) is 1. The zero-order valence-electron chi connectivity index (χ0n) is 12.7. The van der Waals surface area contributed by atoms with Crippen molar-refractivity contribution in [1.82, 2.24) is 10.2 Å². The van der Waals surface area contributed by atoms with Gasteiger partial charge in [0.25, 0.3) is 0 Å². The molecule has 0 aliphatic rings. The molecule has 0 heterocycles. The van der Waals surface area contributed by atoms with Crippen molar-refractivity contribution in [3.05, 3.63) is 23.8 Å². The largest absolute Gasteiger partial charge is 0.497 e. The predicted molar refractivity (Wildman–Crippen MR) is 79.1 cm³/mol. The van der Waals surface area contributed by atoms with Gasteiger partial charge in [-0.05, 0) is 38.7 Å². The fraction of sp³-hybridized carbons (Fsp3) is 0.600. The number of likely N-dealkylation sites (N-methyl/N-ethyl adjacent to an activating group) is 1. The molecule has 1 rings (SSSR count). The normalized spacial score (nSPS) is 12.5. The summed E-state index contributed by atoms with van der Waals surface area (Å²) < 4.78 is 10.7. The molecule has 0 aliphatic carbocycles. The number of benzene rings is 1. The summed E-state index contributed by atoms with van der Waals surface area (Å²) in [7, 11) is 5.50. The summed E-state index contributed by atoms with van der Waals surface area (Å²) in [5.74, 6) is 1.75. The van der Waals surface area contributed by atoms with Crippen LogP contribution in [0.5, 0.6) is 11.5 Å². The molecule has 108 valence electrons. The average molecular weight is 266 g/mol. The highest BCUT2D eigenvalue weighted by Gasteiger charge is 2.12. The molecule has 0 saturated carbocycles. The van der Waals surface area contributed by atoms with E-state index >= 15 is 0 Å². The van der Waals surface area contributed by atoms with Gasteiger partial charge in [-0.25, -0.2) is 0 Å². The summed E-state index contributed by atoms with van der Waals surface area (Å²) >= 11 is 0. The Kier molecular flexibility index (Phi) is 6.67. The zero-order chi connectivity index (χ0) is 14.3. The Morgan fingerprint density at radius 2 is 2.00 bits per heavy atom. The van der Waals surface area contributed by atoms with Crippen molar-refractivity contribution in [2.24, 2.45) is 0 Å². The fourth-order valence-electron chi connectivity index (χ4n) is 1.92. The van der Waals surface area contributed by atoms with Gasteiger partial charge in [0.15, 0.2) is 0 Å². The quantitative estimate of drug-likeness (QED) is 0.783. The van der Waals surface area contributed by atoms with E-state index in [2.05, 4.69) is 31.1 Å². The van der Waals surface area contributed by atoms with Gasteiger partial charge in [0.05, 0.1) is 14.2 Å². The maximum Gasteiger partial charge on any atom is 0.123 e. The highest BCUT2D eigenvalue weighted by Crippen LogP contribution is 2.28. The Balaban J connectivity index is 2.66. The lowest BCUT2D eigenvalue weighted by Crippen LogP contribution is -2.30. The Morgan fingerprint density at radius 3 is 2.58 bits per heavy atom. The molecule has 19 heavy (non-hydrogen) atoms. The smallest absolute Gasteiger partial charge is 0.123 e. The molecule has 0 spiro atoms. The van der Waals surface area contributed by atoms with E-state index in [0.717, 1.165) is 36.7 Å². The Hall–Kier alpha value is -1.26. The van der Waals surface area contributed by atoms with Gasteiger partial charge in [-0.1, -0.05) is 6.92 Å². The lowest BCUT2D eigenvalue weighted by molar-refractivity contribution is 0.339. The standard InChI is InChI=1S/C15H26N2O2/c1-6-17(3)10-9-16-12(2)14-11-13(18-4)7-8-15(14)19-5/h7-8,11-12,16H,6,9-10H2,1-5H3. The third-order valence-corrected chi connectivity index (χ3v) is 3.39. The van der Waals surface area contributed by atoms with Gasteiger partial charge in [0.1, 0.15) is 11.5 Å². The van der Waals surface area contributed by atoms with Crippen LogP contribution in [0.1, 0.15) is 25.5 Å². The van der Waals surface area contributed by atoms with Crippen molar-refractivity contribution in [3.63, 3.8) is 0 Å². The molecule has 0 aliphatic heterocycles. The van der Waals surface area contributed by atoms with Crippen LogP contribution in [0.3, 0.4) is 0 Å². The van der Waals surface area contributed by atoms with Crippen LogP contribution in [0.2, 0.25) is 0 Å². The maximum atomic E-state index is 5.41. The minimum Gasteiger partial charge on any atom is -0.497 e. The number of nitrogens with one attached hydrogen (secondary N) is 1.